The molecule has 0 spiro atoms. The molecule has 0 radical (unpaired) electrons. The minimum atomic E-state index is -3.33. The first-order valence-corrected chi connectivity index (χ1v) is 10.6. The molecule has 3 heterocycles. The predicted molar refractivity (Wildman–Crippen MR) is 109 cm³/mol. The van der Waals surface area contributed by atoms with E-state index in [-0.39, 0.29) is 35.6 Å². The van der Waals surface area contributed by atoms with Crippen LogP contribution < -0.4 is 10.2 Å². The van der Waals surface area contributed by atoms with Gasteiger partial charge >= 0.3 is 0 Å². The molecule has 1 aromatic heterocycles. The molecule has 2 fully saturated rings. The molecular formula is C16H29Cl2N5O2S. The van der Waals surface area contributed by atoms with Crippen molar-refractivity contribution in [1.29, 1.82) is 0 Å². The lowest BCUT2D eigenvalue weighted by molar-refractivity contribution is 0.360. The molecule has 7 nitrogen and oxygen atoms in total. The summed E-state index contributed by atoms with van der Waals surface area (Å²) in [7, 11) is -1.20. The van der Waals surface area contributed by atoms with Crippen LogP contribution in [0.25, 0.3) is 0 Å². The highest BCUT2D eigenvalue weighted by Crippen LogP contribution is 2.28. The zero-order valence-corrected chi connectivity index (χ0v) is 17.8. The van der Waals surface area contributed by atoms with Gasteiger partial charge in [-0.25, -0.2) is 18.4 Å². The van der Waals surface area contributed by atoms with Gasteiger partial charge in [0.25, 0.3) is 0 Å². The van der Waals surface area contributed by atoms with Crippen molar-refractivity contribution in [3.63, 3.8) is 0 Å². The summed E-state index contributed by atoms with van der Waals surface area (Å²) >= 11 is 0. The molecule has 0 aliphatic carbocycles. The van der Waals surface area contributed by atoms with E-state index >= 15 is 0 Å². The second-order valence-corrected chi connectivity index (χ2v) is 8.86. The Morgan fingerprint density at radius 2 is 1.92 bits per heavy atom. The Hall–Kier alpha value is -0.670. The SMILES string of the molecule is CN1CCCN(c2ncc(S(C)(=O)=O)c(C3CCCNC3)n2)CC1.Cl.Cl. The third-order valence-electron chi connectivity index (χ3n) is 4.86. The van der Waals surface area contributed by atoms with Gasteiger partial charge in [0.1, 0.15) is 4.90 Å². The maximum Gasteiger partial charge on any atom is 0.225 e. The van der Waals surface area contributed by atoms with Gasteiger partial charge in [0.05, 0.1) is 11.9 Å². The standard InChI is InChI=1S/C16H27N5O2S.2ClH/c1-20-7-4-8-21(10-9-20)16-18-12-14(24(2,22)23)15(19-16)13-5-3-6-17-11-13;;/h12-13,17H,3-11H2,1-2H3;2*1H. The highest BCUT2D eigenvalue weighted by molar-refractivity contribution is 7.90. The van der Waals surface area contributed by atoms with Gasteiger partial charge in [0.15, 0.2) is 9.84 Å². The normalized spacial score (nSPS) is 22.1. The predicted octanol–water partition coefficient (Wildman–Crippen LogP) is 1.33. The van der Waals surface area contributed by atoms with E-state index in [2.05, 4.69) is 27.1 Å². The van der Waals surface area contributed by atoms with Crippen molar-refractivity contribution in [1.82, 2.24) is 20.2 Å². The van der Waals surface area contributed by atoms with E-state index in [1.54, 1.807) is 0 Å². The Bertz CT molecular complexity index is 683. The molecule has 2 saturated heterocycles. The molecule has 0 aromatic carbocycles. The Labute approximate surface area is 168 Å². The zero-order valence-electron chi connectivity index (χ0n) is 15.3. The summed E-state index contributed by atoms with van der Waals surface area (Å²) in [6, 6.07) is 0. The summed E-state index contributed by atoms with van der Waals surface area (Å²) in [6.07, 6.45) is 5.83. The highest BCUT2D eigenvalue weighted by Gasteiger charge is 2.26. The summed E-state index contributed by atoms with van der Waals surface area (Å²) in [5.74, 6) is 0.804. The first kappa shape index (κ1) is 23.4. The smallest absolute Gasteiger partial charge is 0.225 e. The fraction of sp³-hybridized carbons (Fsp3) is 0.750. The Kier molecular flexibility index (Phi) is 9.02. The van der Waals surface area contributed by atoms with Gasteiger partial charge < -0.3 is 15.1 Å². The number of aromatic nitrogens is 2. The van der Waals surface area contributed by atoms with E-state index < -0.39 is 9.84 Å². The first-order valence-electron chi connectivity index (χ1n) is 8.66. The van der Waals surface area contributed by atoms with Crippen LogP contribution in [0.5, 0.6) is 0 Å². The van der Waals surface area contributed by atoms with Crippen molar-refractivity contribution in [3.8, 4) is 0 Å². The minimum Gasteiger partial charge on any atom is -0.339 e. The number of likely N-dealkylation sites (N-methyl/N-ethyl adjacent to an activating group) is 1. The first-order chi connectivity index (χ1) is 11.4. The molecular weight excluding hydrogens is 397 g/mol. The van der Waals surface area contributed by atoms with Gasteiger partial charge in [-0.05, 0) is 39.4 Å². The van der Waals surface area contributed by atoms with E-state index in [0.717, 1.165) is 58.5 Å². The highest BCUT2D eigenvalue weighted by atomic mass is 35.5. The van der Waals surface area contributed by atoms with E-state index in [4.69, 9.17) is 4.98 Å². The van der Waals surface area contributed by atoms with Crippen molar-refractivity contribution in [2.24, 2.45) is 0 Å². The topological polar surface area (TPSA) is 78.4 Å². The molecule has 2 aliphatic heterocycles. The Balaban J connectivity index is 0.00000169. The lowest BCUT2D eigenvalue weighted by atomic mass is 9.96. The van der Waals surface area contributed by atoms with E-state index in [1.807, 2.05) is 0 Å². The number of hydrogen-bond donors (Lipinski definition) is 1. The van der Waals surface area contributed by atoms with Crippen LogP contribution in [0.3, 0.4) is 0 Å². The summed E-state index contributed by atoms with van der Waals surface area (Å²) in [6.45, 7) is 5.58. The number of sulfone groups is 1. The number of nitrogens with zero attached hydrogens (tertiary/aromatic N) is 4. The van der Waals surface area contributed by atoms with E-state index in [0.29, 0.717) is 11.6 Å². The van der Waals surface area contributed by atoms with Crippen LogP contribution in [0, 0.1) is 0 Å². The van der Waals surface area contributed by atoms with Crippen LogP contribution in [0.2, 0.25) is 0 Å². The second-order valence-electron chi connectivity index (χ2n) is 6.88. The number of rotatable bonds is 3. The van der Waals surface area contributed by atoms with Gasteiger partial charge in [0, 0.05) is 38.4 Å². The van der Waals surface area contributed by atoms with Gasteiger partial charge in [-0.3, -0.25) is 0 Å². The summed E-state index contributed by atoms with van der Waals surface area (Å²) in [4.78, 5) is 13.9. The fourth-order valence-electron chi connectivity index (χ4n) is 3.44. The van der Waals surface area contributed by atoms with Crippen LogP contribution in [0.1, 0.15) is 30.9 Å². The molecule has 1 unspecified atom stereocenters. The zero-order chi connectivity index (χ0) is 17.2. The number of halogens is 2. The second kappa shape index (κ2) is 10.0. The quantitative estimate of drug-likeness (QED) is 0.782. The Morgan fingerprint density at radius 1 is 1.15 bits per heavy atom. The van der Waals surface area contributed by atoms with Crippen molar-refractivity contribution >= 4 is 40.6 Å². The van der Waals surface area contributed by atoms with Gasteiger partial charge in [0.2, 0.25) is 5.95 Å². The lowest BCUT2D eigenvalue weighted by Gasteiger charge is -2.26. The summed E-state index contributed by atoms with van der Waals surface area (Å²) in [5.41, 5.74) is 0.687. The number of anilines is 1. The van der Waals surface area contributed by atoms with Crippen molar-refractivity contribution in [2.75, 3.05) is 57.5 Å². The molecule has 10 heteroatoms. The average Bonchev–Trinajstić information content (AvgIpc) is 2.79. The van der Waals surface area contributed by atoms with E-state index in [9.17, 15) is 8.42 Å². The molecule has 2 aliphatic rings. The van der Waals surface area contributed by atoms with Gasteiger partial charge in [-0.2, -0.15) is 0 Å². The molecule has 1 N–H and O–H groups in total. The van der Waals surface area contributed by atoms with Crippen LogP contribution >= 0.6 is 24.8 Å². The van der Waals surface area contributed by atoms with Crippen LogP contribution in [0.4, 0.5) is 5.95 Å². The lowest BCUT2D eigenvalue weighted by Crippen LogP contribution is -2.32. The Morgan fingerprint density at radius 3 is 2.58 bits per heavy atom. The maximum absolute atomic E-state index is 12.2. The minimum absolute atomic E-state index is 0. The molecule has 0 bridgehead atoms. The number of hydrogen-bond acceptors (Lipinski definition) is 7. The number of piperidine rings is 1. The molecule has 26 heavy (non-hydrogen) atoms. The third-order valence-corrected chi connectivity index (χ3v) is 5.97. The average molecular weight is 426 g/mol. The van der Waals surface area contributed by atoms with Gasteiger partial charge in [-0.1, -0.05) is 0 Å². The molecule has 3 rings (SSSR count). The van der Waals surface area contributed by atoms with Crippen molar-refractivity contribution in [2.45, 2.75) is 30.1 Å². The molecule has 150 valence electrons. The monoisotopic (exact) mass is 425 g/mol. The maximum atomic E-state index is 12.2. The third kappa shape index (κ3) is 5.66. The number of nitrogens with one attached hydrogen (secondary N) is 1. The van der Waals surface area contributed by atoms with Crippen LogP contribution in [0.15, 0.2) is 11.1 Å². The summed E-state index contributed by atoms with van der Waals surface area (Å²) < 4.78 is 24.3. The molecule has 0 saturated carbocycles. The van der Waals surface area contributed by atoms with Crippen molar-refractivity contribution < 1.29 is 8.42 Å². The molecule has 1 atom stereocenters. The molecule has 1 aromatic rings. The van der Waals surface area contributed by atoms with Crippen LogP contribution in [-0.2, 0) is 9.84 Å². The van der Waals surface area contributed by atoms with Crippen molar-refractivity contribution in [3.05, 3.63) is 11.9 Å². The molecule has 0 amide bonds. The van der Waals surface area contributed by atoms with Gasteiger partial charge in [-0.15, -0.1) is 24.8 Å². The summed E-state index contributed by atoms with van der Waals surface area (Å²) in [5, 5.41) is 3.35. The largest absolute Gasteiger partial charge is 0.339 e. The van der Waals surface area contributed by atoms with Crippen LogP contribution in [-0.4, -0.2) is 75.9 Å². The fourth-order valence-corrected chi connectivity index (χ4v) is 4.27. The van der Waals surface area contributed by atoms with E-state index in [1.165, 1.54) is 12.5 Å².